The third-order valence-corrected chi connectivity index (χ3v) is 4.61. The average Bonchev–Trinajstić information content (AvgIpc) is 3.01. The van der Waals surface area contributed by atoms with Gasteiger partial charge >= 0.3 is 0 Å². The van der Waals surface area contributed by atoms with Gasteiger partial charge in [-0.25, -0.2) is 0 Å². The highest BCUT2D eigenvalue weighted by Crippen LogP contribution is 2.29. The van der Waals surface area contributed by atoms with E-state index in [0.717, 1.165) is 30.3 Å². The number of thioether (sulfide) groups is 1. The van der Waals surface area contributed by atoms with Crippen LogP contribution in [0.2, 0.25) is 0 Å². The van der Waals surface area contributed by atoms with Crippen LogP contribution in [0.15, 0.2) is 27.6 Å². The summed E-state index contributed by atoms with van der Waals surface area (Å²) in [6.07, 6.45) is 1.92. The Morgan fingerprint density at radius 3 is 3.00 bits per heavy atom. The summed E-state index contributed by atoms with van der Waals surface area (Å²) in [5, 5.41) is 3.97. The minimum absolute atomic E-state index is 0.131. The standard InChI is InChI=1S/C16H21N3O3S/c1-11-17-16(18-22-11)14-10-19(6-7-21-14)9-12-4-5-15(23-3)13(8-12)20-2/h4-5,8,14H,6-7,9-10H2,1-3H3/t14-/m0/s1. The van der Waals surface area contributed by atoms with Crippen LogP contribution in [0.1, 0.15) is 23.4 Å². The first kappa shape index (κ1) is 16.3. The summed E-state index contributed by atoms with van der Waals surface area (Å²) in [5.41, 5.74) is 1.23. The van der Waals surface area contributed by atoms with Crippen LogP contribution >= 0.6 is 11.8 Å². The topological polar surface area (TPSA) is 60.6 Å². The molecule has 0 aliphatic carbocycles. The van der Waals surface area contributed by atoms with Gasteiger partial charge in [-0.05, 0) is 24.0 Å². The lowest BCUT2D eigenvalue weighted by molar-refractivity contribution is -0.0380. The first-order chi connectivity index (χ1) is 11.2. The quantitative estimate of drug-likeness (QED) is 0.779. The largest absolute Gasteiger partial charge is 0.496 e. The number of nitrogens with zero attached hydrogens (tertiary/aromatic N) is 3. The van der Waals surface area contributed by atoms with Crippen LogP contribution in [0, 0.1) is 6.92 Å². The Morgan fingerprint density at radius 1 is 1.43 bits per heavy atom. The van der Waals surface area contributed by atoms with E-state index in [2.05, 4.69) is 39.5 Å². The Balaban J connectivity index is 1.68. The minimum Gasteiger partial charge on any atom is -0.496 e. The van der Waals surface area contributed by atoms with Crippen molar-refractivity contribution in [3.05, 3.63) is 35.5 Å². The maximum absolute atomic E-state index is 5.77. The molecule has 1 atom stereocenters. The second-order valence-corrected chi connectivity index (χ2v) is 6.30. The molecule has 0 amide bonds. The number of methoxy groups -OCH3 is 1. The molecule has 0 saturated carbocycles. The van der Waals surface area contributed by atoms with Crippen molar-refractivity contribution in [3.8, 4) is 5.75 Å². The number of ether oxygens (including phenoxy) is 2. The number of rotatable bonds is 5. The fraction of sp³-hybridized carbons (Fsp3) is 0.500. The van der Waals surface area contributed by atoms with Crippen molar-refractivity contribution in [2.75, 3.05) is 33.1 Å². The van der Waals surface area contributed by atoms with Gasteiger partial charge in [0, 0.05) is 31.5 Å². The zero-order valence-corrected chi connectivity index (χ0v) is 14.4. The molecule has 23 heavy (non-hydrogen) atoms. The fourth-order valence-electron chi connectivity index (χ4n) is 2.69. The second kappa shape index (κ2) is 7.33. The normalized spacial score (nSPS) is 19.0. The van der Waals surface area contributed by atoms with Gasteiger partial charge in [-0.2, -0.15) is 4.98 Å². The van der Waals surface area contributed by atoms with E-state index in [1.54, 1.807) is 25.8 Å². The molecule has 124 valence electrons. The molecule has 1 aromatic heterocycles. The second-order valence-electron chi connectivity index (χ2n) is 5.46. The smallest absolute Gasteiger partial charge is 0.223 e. The van der Waals surface area contributed by atoms with Gasteiger partial charge in [0.25, 0.3) is 0 Å². The molecule has 0 N–H and O–H groups in total. The third-order valence-electron chi connectivity index (χ3n) is 3.84. The van der Waals surface area contributed by atoms with Gasteiger partial charge < -0.3 is 14.0 Å². The Labute approximate surface area is 140 Å². The monoisotopic (exact) mass is 335 g/mol. The van der Waals surface area contributed by atoms with E-state index in [0.29, 0.717) is 18.3 Å². The van der Waals surface area contributed by atoms with E-state index in [-0.39, 0.29) is 6.10 Å². The van der Waals surface area contributed by atoms with Crippen molar-refractivity contribution in [3.63, 3.8) is 0 Å². The highest BCUT2D eigenvalue weighted by atomic mass is 32.2. The minimum atomic E-state index is -0.131. The summed E-state index contributed by atoms with van der Waals surface area (Å²) < 4.78 is 16.3. The van der Waals surface area contributed by atoms with Crippen LogP contribution in [0.25, 0.3) is 0 Å². The van der Waals surface area contributed by atoms with Crippen LogP contribution in [0.5, 0.6) is 5.75 Å². The molecule has 0 unspecified atom stereocenters. The van der Waals surface area contributed by atoms with Crippen molar-refractivity contribution in [2.45, 2.75) is 24.5 Å². The summed E-state index contributed by atoms with van der Waals surface area (Å²) in [6.45, 7) is 4.95. The van der Waals surface area contributed by atoms with E-state index in [9.17, 15) is 0 Å². The van der Waals surface area contributed by atoms with Gasteiger partial charge in [0.05, 0.1) is 13.7 Å². The predicted molar refractivity (Wildman–Crippen MR) is 87.8 cm³/mol. The summed E-state index contributed by atoms with van der Waals surface area (Å²) in [4.78, 5) is 7.77. The Bertz CT molecular complexity index is 662. The number of aromatic nitrogens is 2. The molecule has 6 nitrogen and oxygen atoms in total. The first-order valence-corrected chi connectivity index (χ1v) is 8.77. The van der Waals surface area contributed by atoms with Crippen LogP contribution in [-0.2, 0) is 11.3 Å². The lowest BCUT2D eigenvalue weighted by Gasteiger charge is -2.31. The number of hydrogen-bond acceptors (Lipinski definition) is 7. The van der Waals surface area contributed by atoms with Gasteiger partial charge in [-0.1, -0.05) is 11.2 Å². The molecule has 0 bridgehead atoms. The molecular formula is C16H21N3O3S. The number of morpholine rings is 1. The van der Waals surface area contributed by atoms with Crippen LogP contribution in [0.3, 0.4) is 0 Å². The van der Waals surface area contributed by atoms with E-state index in [1.807, 2.05) is 0 Å². The van der Waals surface area contributed by atoms with Gasteiger partial charge in [-0.3, -0.25) is 4.90 Å². The highest BCUT2D eigenvalue weighted by Gasteiger charge is 2.26. The lowest BCUT2D eigenvalue weighted by atomic mass is 10.1. The number of aryl methyl sites for hydroxylation is 1. The molecule has 1 saturated heterocycles. The van der Waals surface area contributed by atoms with E-state index in [4.69, 9.17) is 14.0 Å². The van der Waals surface area contributed by atoms with E-state index < -0.39 is 0 Å². The predicted octanol–water partition coefficient (Wildman–Crippen LogP) is 2.68. The SMILES string of the molecule is COc1cc(CN2CCO[C@H](c3noc(C)n3)C2)ccc1SC. The van der Waals surface area contributed by atoms with Gasteiger partial charge in [0.15, 0.2) is 0 Å². The van der Waals surface area contributed by atoms with Crippen LogP contribution in [0.4, 0.5) is 0 Å². The van der Waals surface area contributed by atoms with Crippen molar-refractivity contribution in [2.24, 2.45) is 0 Å². The van der Waals surface area contributed by atoms with E-state index in [1.165, 1.54) is 5.56 Å². The fourth-order valence-corrected chi connectivity index (χ4v) is 3.23. The summed E-state index contributed by atoms with van der Waals surface area (Å²) in [6, 6.07) is 6.37. The highest BCUT2D eigenvalue weighted by molar-refractivity contribution is 7.98. The molecule has 3 rings (SSSR count). The number of hydrogen-bond donors (Lipinski definition) is 0. The molecule has 1 aliphatic rings. The zero-order chi connectivity index (χ0) is 16.2. The van der Waals surface area contributed by atoms with Crippen molar-refractivity contribution >= 4 is 11.8 Å². The Kier molecular flexibility index (Phi) is 5.20. The van der Waals surface area contributed by atoms with Gasteiger partial charge in [-0.15, -0.1) is 11.8 Å². The third kappa shape index (κ3) is 3.85. The summed E-state index contributed by atoms with van der Waals surface area (Å²) in [5.74, 6) is 2.12. The zero-order valence-electron chi connectivity index (χ0n) is 13.6. The summed E-state index contributed by atoms with van der Waals surface area (Å²) >= 11 is 1.69. The Hall–Kier alpha value is -1.57. The average molecular weight is 335 g/mol. The maximum atomic E-state index is 5.77. The van der Waals surface area contributed by atoms with Crippen molar-refractivity contribution in [1.82, 2.24) is 15.0 Å². The summed E-state index contributed by atoms with van der Waals surface area (Å²) in [7, 11) is 1.71. The van der Waals surface area contributed by atoms with Crippen LogP contribution < -0.4 is 4.74 Å². The van der Waals surface area contributed by atoms with Crippen molar-refractivity contribution < 1.29 is 14.0 Å². The molecule has 2 aromatic rings. The first-order valence-electron chi connectivity index (χ1n) is 7.54. The lowest BCUT2D eigenvalue weighted by Crippen LogP contribution is -2.38. The molecule has 2 heterocycles. The van der Waals surface area contributed by atoms with Gasteiger partial charge in [0.2, 0.25) is 11.7 Å². The maximum Gasteiger partial charge on any atom is 0.223 e. The Morgan fingerprint density at radius 2 is 2.30 bits per heavy atom. The van der Waals surface area contributed by atoms with Crippen molar-refractivity contribution in [1.29, 1.82) is 0 Å². The van der Waals surface area contributed by atoms with E-state index >= 15 is 0 Å². The molecule has 0 spiro atoms. The van der Waals surface area contributed by atoms with Crippen LogP contribution in [-0.4, -0.2) is 48.1 Å². The molecule has 1 aliphatic heterocycles. The molecule has 1 fully saturated rings. The molecule has 1 aromatic carbocycles. The molecule has 7 heteroatoms. The molecular weight excluding hydrogens is 314 g/mol. The molecule has 0 radical (unpaired) electrons. The van der Waals surface area contributed by atoms with Gasteiger partial charge in [0.1, 0.15) is 11.9 Å². The number of benzene rings is 1.